The molecule has 1 aromatic rings. The molecule has 0 spiro atoms. The zero-order valence-corrected chi connectivity index (χ0v) is 13.6. The predicted octanol–water partition coefficient (Wildman–Crippen LogP) is -0.107. The van der Waals surface area contributed by atoms with Gasteiger partial charge < -0.3 is 5.32 Å². The number of nitrogens with one attached hydrogen (secondary N) is 2. The molecule has 2 N–H and O–H groups in total. The topological polar surface area (TPSA) is 105 Å². The van der Waals surface area contributed by atoms with Crippen LogP contribution in [-0.2, 0) is 17.9 Å². The van der Waals surface area contributed by atoms with E-state index in [0.717, 1.165) is 44.7 Å². The Morgan fingerprint density at radius 2 is 2.22 bits per heavy atom. The van der Waals surface area contributed by atoms with Crippen LogP contribution in [0.1, 0.15) is 38.9 Å². The predicted molar refractivity (Wildman–Crippen MR) is 81.2 cm³/mol. The fourth-order valence-electron chi connectivity index (χ4n) is 3.44. The van der Waals surface area contributed by atoms with Gasteiger partial charge in [-0.05, 0) is 43.2 Å². The van der Waals surface area contributed by atoms with Gasteiger partial charge in [0.15, 0.2) is 5.82 Å². The zero-order chi connectivity index (χ0) is 16.4. The molecular weight excluding hydrogens is 298 g/mol. The molecule has 2 fully saturated rings. The molecule has 3 amide bonds. The van der Waals surface area contributed by atoms with Crippen molar-refractivity contribution in [2.75, 3.05) is 13.1 Å². The van der Waals surface area contributed by atoms with Crippen molar-refractivity contribution in [3.63, 3.8) is 0 Å². The van der Waals surface area contributed by atoms with Gasteiger partial charge in [-0.15, -0.1) is 5.10 Å². The maximum absolute atomic E-state index is 12.1. The summed E-state index contributed by atoms with van der Waals surface area (Å²) in [4.78, 5) is 25.9. The Kier molecular flexibility index (Phi) is 4.29. The Morgan fingerprint density at radius 1 is 1.39 bits per heavy atom. The van der Waals surface area contributed by atoms with Gasteiger partial charge in [0.2, 0.25) is 0 Å². The highest BCUT2D eigenvalue weighted by atomic mass is 16.2. The van der Waals surface area contributed by atoms with E-state index in [2.05, 4.69) is 38.0 Å². The van der Waals surface area contributed by atoms with Crippen molar-refractivity contribution in [3.05, 3.63) is 5.82 Å². The molecular formula is C14H23N7O2. The van der Waals surface area contributed by atoms with E-state index in [0.29, 0.717) is 6.54 Å². The lowest BCUT2D eigenvalue weighted by Crippen LogP contribution is -2.55. The molecule has 0 radical (unpaired) electrons. The molecule has 23 heavy (non-hydrogen) atoms. The van der Waals surface area contributed by atoms with Crippen molar-refractivity contribution in [1.29, 1.82) is 0 Å². The van der Waals surface area contributed by atoms with E-state index in [-0.39, 0.29) is 11.8 Å². The molecule has 0 aromatic carbocycles. The second kappa shape index (κ2) is 6.23. The van der Waals surface area contributed by atoms with Gasteiger partial charge in [0, 0.05) is 19.0 Å². The summed E-state index contributed by atoms with van der Waals surface area (Å²) < 4.78 is 1.83. The monoisotopic (exact) mass is 321 g/mol. The van der Waals surface area contributed by atoms with E-state index >= 15 is 0 Å². The van der Waals surface area contributed by atoms with Crippen molar-refractivity contribution in [3.8, 4) is 0 Å². The van der Waals surface area contributed by atoms with E-state index in [1.165, 1.54) is 0 Å². The van der Waals surface area contributed by atoms with Gasteiger partial charge in [0.05, 0.1) is 6.54 Å². The van der Waals surface area contributed by atoms with Gasteiger partial charge in [0.25, 0.3) is 5.91 Å². The fourth-order valence-corrected chi connectivity index (χ4v) is 3.44. The number of nitrogens with zero attached hydrogens (tertiary/aromatic N) is 5. The highest BCUT2D eigenvalue weighted by Crippen LogP contribution is 2.30. The summed E-state index contributed by atoms with van der Waals surface area (Å²) in [5.41, 5.74) is -0.828. The quantitative estimate of drug-likeness (QED) is 0.733. The van der Waals surface area contributed by atoms with E-state index in [1.54, 1.807) is 0 Å². The van der Waals surface area contributed by atoms with Crippen molar-refractivity contribution >= 4 is 11.9 Å². The lowest BCUT2D eigenvalue weighted by molar-refractivity contribution is -0.126. The third-order valence-corrected chi connectivity index (χ3v) is 4.80. The van der Waals surface area contributed by atoms with Gasteiger partial charge in [0.1, 0.15) is 5.54 Å². The SMILES string of the molecule is CCCn1nnnc1CN1CCC[C@@H]([C@]2(C)NC(=O)NC2=O)C1. The Labute approximate surface area is 134 Å². The lowest BCUT2D eigenvalue weighted by Gasteiger charge is -2.39. The zero-order valence-electron chi connectivity index (χ0n) is 13.6. The number of amides is 3. The summed E-state index contributed by atoms with van der Waals surface area (Å²) in [6.07, 6.45) is 2.88. The molecule has 1 aromatic heterocycles. The van der Waals surface area contributed by atoms with Crippen LogP contribution in [0, 0.1) is 5.92 Å². The van der Waals surface area contributed by atoms with Crippen molar-refractivity contribution < 1.29 is 9.59 Å². The van der Waals surface area contributed by atoms with E-state index in [1.807, 2.05) is 11.6 Å². The lowest BCUT2D eigenvalue weighted by atomic mass is 9.80. The number of tetrazole rings is 1. The minimum absolute atomic E-state index is 0.0817. The standard InChI is InChI=1S/C14H23N7O2/c1-3-6-21-11(17-18-19-21)9-20-7-4-5-10(8-20)14(2)12(22)15-13(23)16-14/h10H,3-9H2,1-2H3,(H2,15,16,22,23)/t10-,14+/m1/s1. The number of rotatable bonds is 5. The molecule has 126 valence electrons. The van der Waals surface area contributed by atoms with E-state index in [9.17, 15) is 9.59 Å². The van der Waals surface area contributed by atoms with Gasteiger partial charge in [-0.3, -0.25) is 15.0 Å². The number of aryl methyl sites for hydroxylation is 1. The first-order chi connectivity index (χ1) is 11.0. The van der Waals surface area contributed by atoms with Crippen LogP contribution in [0.2, 0.25) is 0 Å². The van der Waals surface area contributed by atoms with Gasteiger partial charge in [-0.25, -0.2) is 9.48 Å². The van der Waals surface area contributed by atoms with E-state index < -0.39 is 11.6 Å². The number of hydrogen-bond donors (Lipinski definition) is 2. The van der Waals surface area contributed by atoms with Gasteiger partial charge in [-0.1, -0.05) is 6.92 Å². The van der Waals surface area contributed by atoms with Crippen LogP contribution < -0.4 is 10.6 Å². The first-order valence-corrected chi connectivity index (χ1v) is 8.14. The van der Waals surface area contributed by atoms with Gasteiger partial charge >= 0.3 is 6.03 Å². The minimum atomic E-state index is -0.828. The molecule has 2 atom stereocenters. The maximum Gasteiger partial charge on any atom is 0.322 e. The summed E-state index contributed by atoms with van der Waals surface area (Å²) in [5, 5.41) is 17.0. The van der Waals surface area contributed by atoms with Crippen LogP contribution in [0.4, 0.5) is 4.79 Å². The maximum atomic E-state index is 12.1. The minimum Gasteiger partial charge on any atom is -0.323 e. The van der Waals surface area contributed by atoms with Crippen LogP contribution in [0.3, 0.4) is 0 Å². The van der Waals surface area contributed by atoms with E-state index in [4.69, 9.17) is 0 Å². The number of imide groups is 1. The molecule has 2 aliphatic heterocycles. The summed E-state index contributed by atoms with van der Waals surface area (Å²) >= 11 is 0. The van der Waals surface area contributed by atoms with Gasteiger partial charge in [-0.2, -0.15) is 0 Å². The Balaban J connectivity index is 1.68. The first-order valence-electron chi connectivity index (χ1n) is 8.14. The molecule has 0 bridgehead atoms. The number of likely N-dealkylation sites (tertiary alicyclic amines) is 1. The average molecular weight is 321 g/mol. The average Bonchev–Trinajstić information content (AvgIpc) is 3.05. The van der Waals surface area contributed by atoms with Crippen LogP contribution in [-0.4, -0.2) is 55.7 Å². The summed E-state index contributed by atoms with van der Waals surface area (Å²) in [6, 6.07) is -0.401. The summed E-state index contributed by atoms with van der Waals surface area (Å²) in [6.45, 7) is 7.04. The Bertz CT molecular complexity index is 602. The first kappa shape index (κ1) is 15.9. The normalized spacial score (nSPS) is 28.7. The molecule has 9 nitrogen and oxygen atoms in total. The molecule has 2 aliphatic rings. The van der Waals surface area contributed by atoms with Crippen molar-refractivity contribution in [2.45, 2.75) is 51.7 Å². The van der Waals surface area contributed by atoms with Crippen molar-refractivity contribution in [1.82, 2.24) is 35.7 Å². The Morgan fingerprint density at radius 3 is 2.91 bits per heavy atom. The molecule has 3 rings (SSSR count). The van der Waals surface area contributed by atoms with Crippen LogP contribution in [0.15, 0.2) is 0 Å². The highest BCUT2D eigenvalue weighted by molar-refractivity contribution is 6.06. The summed E-state index contributed by atoms with van der Waals surface area (Å²) in [5.74, 6) is 0.695. The molecule has 3 heterocycles. The molecule has 2 saturated heterocycles. The number of carbonyl (C=O) groups excluding carboxylic acids is 2. The number of carbonyl (C=O) groups is 2. The highest BCUT2D eigenvalue weighted by Gasteiger charge is 2.48. The second-order valence-electron chi connectivity index (χ2n) is 6.50. The summed E-state index contributed by atoms with van der Waals surface area (Å²) in [7, 11) is 0. The molecule has 0 saturated carbocycles. The van der Waals surface area contributed by atoms with Crippen LogP contribution >= 0.6 is 0 Å². The Hall–Kier alpha value is -2.03. The third-order valence-electron chi connectivity index (χ3n) is 4.80. The molecule has 0 aliphatic carbocycles. The number of urea groups is 1. The largest absolute Gasteiger partial charge is 0.323 e. The van der Waals surface area contributed by atoms with Crippen LogP contribution in [0.5, 0.6) is 0 Å². The number of aromatic nitrogens is 4. The fraction of sp³-hybridized carbons (Fsp3) is 0.786. The van der Waals surface area contributed by atoms with Crippen LogP contribution in [0.25, 0.3) is 0 Å². The number of hydrogen-bond acceptors (Lipinski definition) is 6. The second-order valence-corrected chi connectivity index (χ2v) is 6.50. The third kappa shape index (κ3) is 3.05. The smallest absolute Gasteiger partial charge is 0.322 e. The number of piperidine rings is 1. The van der Waals surface area contributed by atoms with Crippen molar-refractivity contribution in [2.24, 2.45) is 5.92 Å². The molecule has 9 heteroatoms. The molecule has 0 unspecified atom stereocenters.